The van der Waals surface area contributed by atoms with Crippen LogP contribution in [-0.2, 0) is 21.4 Å². The topological polar surface area (TPSA) is 119 Å². The van der Waals surface area contributed by atoms with Gasteiger partial charge in [-0.3, -0.25) is 4.98 Å². The van der Waals surface area contributed by atoms with Gasteiger partial charge in [-0.2, -0.15) is 9.29 Å². The Hall–Kier alpha value is -3.31. The Morgan fingerprint density at radius 1 is 1.03 bits per heavy atom. The molecule has 10 nitrogen and oxygen atoms in total. The average molecular weight is 498 g/mol. The van der Waals surface area contributed by atoms with Gasteiger partial charge >= 0.3 is 5.97 Å². The number of carbonyl (C=O) groups is 1. The van der Waals surface area contributed by atoms with Crippen LogP contribution in [0.2, 0.25) is 0 Å². The summed E-state index contributed by atoms with van der Waals surface area (Å²) in [5.74, 6) is -0.155. The Kier molecular flexibility index (Phi) is 6.78. The molecule has 0 spiro atoms. The van der Waals surface area contributed by atoms with Crippen molar-refractivity contribution in [2.45, 2.75) is 43.6 Å². The maximum atomic E-state index is 13.2. The van der Waals surface area contributed by atoms with Crippen molar-refractivity contribution in [2.75, 3.05) is 31.1 Å². The minimum atomic E-state index is -3.69. The number of piperidine rings is 1. The number of benzene rings is 1. The van der Waals surface area contributed by atoms with Crippen LogP contribution in [0.3, 0.4) is 0 Å². The molecule has 0 bridgehead atoms. The maximum absolute atomic E-state index is 13.2. The van der Waals surface area contributed by atoms with Crippen LogP contribution in [0.25, 0.3) is 11.4 Å². The first-order valence-electron chi connectivity index (χ1n) is 11.8. The summed E-state index contributed by atoms with van der Waals surface area (Å²) >= 11 is 0. The van der Waals surface area contributed by atoms with E-state index in [1.807, 2.05) is 0 Å². The van der Waals surface area contributed by atoms with E-state index in [2.05, 4.69) is 20.0 Å². The lowest BCUT2D eigenvalue weighted by atomic mass is 10.1. The Labute approximate surface area is 204 Å². The van der Waals surface area contributed by atoms with Gasteiger partial charge in [-0.1, -0.05) is 11.6 Å². The van der Waals surface area contributed by atoms with Gasteiger partial charge in [0.1, 0.15) is 0 Å². The lowest BCUT2D eigenvalue weighted by Gasteiger charge is -2.27. The van der Waals surface area contributed by atoms with Crippen molar-refractivity contribution in [2.24, 2.45) is 0 Å². The summed E-state index contributed by atoms with van der Waals surface area (Å²) in [6.45, 7) is 2.36. The fourth-order valence-corrected chi connectivity index (χ4v) is 6.00. The molecule has 0 amide bonds. The quantitative estimate of drug-likeness (QED) is 0.453. The third-order valence-electron chi connectivity index (χ3n) is 6.30. The van der Waals surface area contributed by atoms with Crippen LogP contribution in [0.15, 0.2) is 52.1 Å². The highest BCUT2D eigenvalue weighted by atomic mass is 32.2. The minimum absolute atomic E-state index is 0.103. The average Bonchev–Trinajstić information content (AvgIpc) is 3.61. The van der Waals surface area contributed by atoms with Crippen molar-refractivity contribution in [3.05, 3.63) is 54.2 Å². The normalized spacial score (nSPS) is 17.0. The molecule has 11 heteroatoms. The van der Waals surface area contributed by atoms with Gasteiger partial charge in [-0.05, 0) is 56.0 Å². The molecule has 2 aliphatic rings. The summed E-state index contributed by atoms with van der Waals surface area (Å²) < 4.78 is 38.7. The zero-order chi connectivity index (χ0) is 24.3. The fourth-order valence-electron chi connectivity index (χ4n) is 4.46. The molecule has 0 aliphatic carbocycles. The molecule has 35 heavy (non-hydrogen) atoms. The third-order valence-corrected chi connectivity index (χ3v) is 8.20. The van der Waals surface area contributed by atoms with Crippen molar-refractivity contribution >= 4 is 21.7 Å². The number of ether oxygens (including phenoxy) is 1. The lowest BCUT2D eigenvalue weighted by Crippen LogP contribution is -2.35. The fraction of sp³-hybridized carbons (Fsp3) is 0.417. The van der Waals surface area contributed by atoms with E-state index >= 15 is 0 Å². The number of rotatable bonds is 7. The van der Waals surface area contributed by atoms with Crippen molar-refractivity contribution in [1.82, 2.24) is 19.4 Å². The van der Waals surface area contributed by atoms with E-state index in [1.165, 1.54) is 10.4 Å². The second kappa shape index (κ2) is 10.1. The number of sulfonamides is 1. The van der Waals surface area contributed by atoms with Crippen LogP contribution >= 0.6 is 0 Å². The molecule has 184 valence electrons. The predicted molar refractivity (Wildman–Crippen MR) is 127 cm³/mol. The van der Waals surface area contributed by atoms with E-state index in [0.29, 0.717) is 30.2 Å². The van der Waals surface area contributed by atoms with Gasteiger partial charge in [0, 0.05) is 44.1 Å². The molecule has 0 N–H and O–H groups in total. The van der Waals surface area contributed by atoms with E-state index in [0.717, 1.165) is 45.2 Å². The van der Waals surface area contributed by atoms with Crippen molar-refractivity contribution in [3.8, 4) is 11.4 Å². The summed E-state index contributed by atoms with van der Waals surface area (Å²) in [6.07, 6.45) is 7.98. The molecule has 3 aromatic rings. The number of aromatic nitrogens is 3. The lowest BCUT2D eigenvalue weighted by molar-refractivity contribution is 0.0430. The second-order valence-electron chi connectivity index (χ2n) is 8.67. The maximum Gasteiger partial charge on any atom is 0.340 e. The van der Waals surface area contributed by atoms with Crippen LogP contribution in [0.4, 0.5) is 5.69 Å². The summed E-state index contributed by atoms with van der Waals surface area (Å²) in [7, 11) is -3.69. The molecular weight excluding hydrogens is 470 g/mol. The Bertz CT molecular complexity index is 1280. The SMILES string of the molecule is O=C(OCc1nc(-c2cccnc2)no1)c1cc(S(=O)(=O)N2CCCCC2)ccc1N1CCCC1. The van der Waals surface area contributed by atoms with Crippen LogP contribution in [-0.4, -0.2) is 60.0 Å². The third kappa shape index (κ3) is 5.06. The monoisotopic (exact) mass is 497 g/mol. The Balaban J connectivity index is 1.38. The van der Waals surface area contributed by atoms with Crippen molar-refractivity contribution in [3.63, 3.8) is 0 Å². The van der Waals surface area contributed by atoms with E-state index in [1.54, 1.807) is 36.7 Å². The zero-order valence-corrected chi connectivity index (χ0v) is 20.1. The Morgan fingerprint density at radius 3 is 2.54 bits per heavy atom. The summed E-state index contributed by atoms with van der Waals surface area (Å²) in [6, 6.07) is 8.30. The van der Waals surface area contributed by atoms with Gasteiger partial charge in [0.25, 0.3) is 5.89 Å². The van der Waals surface area contributed by atoms with Crippen LogP contribution in [0.1, 0.15) is 48.4 Å². The first kappa shape index (κ1) is 23.4. The zero-order valence-electron chi connectivity index (χ0n) is 19.3. The van der Waals surface area contributed by atoms with Gasteiger partial charge in [0.05, 0.1) is 16.1 Å². The minimum Gasteiger partial charge on any atom is -0.452 e. The second-order valence-corrected chi connectivity index (χ2v) is 10.6. The Morgan fingerprint density at radius 2 is 1.80 bits per heavy atom. The molecule has 4 heterocycles. The number of hydrogen-bond acceptors (Lipinski definition) is 9. The molecule has 5 rings (SSSR count). The van der Waals surface area contributed by atoms with Crippen LogP contribution in [0, 0.1) is 0 Å². The van der Waals surface area contributed by atoms with Gasteiger partial charge in [-0.25, -0.2) is 13.2 Å². The highest BCUT2D eigenvalue weighted by Gasteiger charge is 2.29. The van der Waals surface area contributed by atoms with Gasteiger partial charge in [0.15, 0.2) is 6.61 Å². The molecule has 0 radical (unpaired) electrons. The number of carbonyl (C=O) groups excluding carboxylic acids is 1. The molecular formula is C24H27N5O5S. The largest absolute Gasteiger partial charge is 0.452 e. The summed E-state index contributed by atoms with van der Waals surface area (Å²) in [5, 5.41) is 3.91. The number of esters is 1. The number of hydrogen-bond donors (Lipinski definition) is 0. The molecule has 0 saturated carbocycles. The predicted octanol–water partition coefficient (Wildman–Crippen LogP) is 3.26. The molecule has 2 saturated heterocycles. The van der Waals surface area contributed by atoms with Crippen molar-refractivity contribution < 1.29 is 22.5 Å². The highest BCUT2D eigenvalue weighted by Crippen LogP contribution is 2.30. The number of anilines is 1. The van der Waals surface area contributed by atoms with Crippen LogP contribution < -0.4 is 4.90 Å². The smallest absolute Gasteiger partial charge is 0.340 e. The summed E-state index contributed by atoms with van der Waals surface area (Å²) in [4.78, 5) is 23.6. The molecule has 0 unspecified atom stereocenters. The molecule has 1 aromatic carbocycles. The van der Waals surface area contributed by atoms with E-state index in [9.17, 15) is 13.2 Å². The van der Waals surface area contributed by atoms with Crippen LogP contribution in [0.5, 0.6) is 0 Å². The standard InChI is InChI=1S/C24H27N5O5S/c30-24(33-17-22-26-23(27-34-22)18-7-6-10-25-16-18)20-15-19(8-9-21(20)28-11-4-5-12-28)35(31,32)29-13-2-1-3-14-29/h6-10,15-16H,1-5,11-14,17H2. The molecule has 2 aromatic heterocycles. The first-order valence-corrected chi connectivity index (χ1v) is 13.3. The molecule has 2 aliphatic heterocycles. The highest BCUT2D eigenvalue weighted by molar-refractivity contribution is 7.89. The number of pyridine rings is 1. The van der Waals surface area contributed by atoms with Gasteiger partial charge in [-0.15, -0.1) is 0 Å². The van der Waals surface area contributed by atoms with Gasteiger partial charge < -0.3 is 14.2 Å². The van der Waals surface area contributed by atoms with E-state index in [4.69, 9.17) is 9.26 Å². The van der Waals surface area contributed by atoms with Crippen molar-refractivity contribution in [1.29, 1.82) is 0 Å². The van der Waals surface area contributed by atoms with Gasteiger partial charge in [0.2, 0.25) is 15.8 Å². The first-order chi connectivity index (χ1) is 17.0. The van der Waals surface area contributed by atoms with E-state index < -0.39 is 16.0 Å². The number of nitrogens with zero attached hydrogens (tertiary/aromatic N) is 5. The summed E-state index contributed by atoms with van der Waals surface area (Å²) in [5.41, 5.74) is 1.57. The molecule has 0 atom stereocenters. The molecule has 2 fully saturated rings. The van der Waals surface area contributed by atoms with E-state index in [-0.39, 0.29) is 23.0 Å².